The van der Waals surface area contributed by atoms with Crippen LogP contribution in [0.5, 0.6) is 0 Å². The number of hydrogen-bond donors (Lipinski definition) is 0. The first kappa shape index (κ1) is 13.5. The molecular formula is C13H27NO2Si. The minimum absolute atomic E-state index is 0.640. The van der Waals surface area contributed by atoms with E-state index in [1.165, 1.54) is 32.1 Å². The number of piperidine rings is 1. The first-order valence-corrected chi connectivity index (χ1v) is 8.46. The molecule has 0 N–H and O–H groups in total. The van der Waals surface area contributed by atoms with Gasteiger partial charge in [-0.1, -0.05) is 13.8 Å². The molecule has 2 fully saturated rings. The average molecular weight is 257 g/mol. The number of fused-ring (bicyclic) bond motifs is 1. The third-order valence-electron chi connectivity index (χ3n) is 4.70. The van der Waals surface area contributed by atoms with E-state index in [-0.39, 0.29) is 0 Å². The highest BCUT2D eigenvalue weighted by Crippen LogP contribution is 2.40. The van der Waals surface area contributed by atoms with Crippen molar-refractivity contribution in [2.45, 2.75) is 58.0 Å². The zero-order valence-corrected chi connectivity index (χ0v) is 12.8. The Morgan fingerprint density at radius 3 is 2.35 bits per heavy atom. The maximum absolute atomic E-state index is 5.63. The van der Waals surface area contributed by atoms with Gasteiger partial charge in [-0.25, -0.2) is 0 Å². The lowest BCUT2D eigenvalue weighted by atomic mass is 9.74. The Morgan fingerprint density at radius 2 is 1.71 bits per heavy atom. The quantitative estimate of drug-likeness (QED) is 0.724. The smallest absolute Gasteiger partial charge is 0.388 e. The molecule has 4 unspecified atom stereocenters. The van der Waals surface area contributed by atoms with Gasteiger partial charge in [0.2, 0.25) is 0 Å². The summed E-state index contributed by atoms with van der Waals surface area (Å²) in [7, 11) is 2.00. The molecule has 1 aliphatic heterocycles. The average Bonchev–Trinajstić information content (AvgIpc) is 2.33. The Balaban J connectivity index is 2.11. The van der Waals surface area contributed by atoms with Gasteiger partial charge in [0.1, 0.15) is 0 Å². The lowest BCUT2D eigenvalue weighted by Gasteiger charge is -2.50. The van der Waals surface area contributed by atoms with Gasteiger partial charge in [0, 0.05) is 26.3 Å². The second-order valence-corrected chi connectivity index (χ2v) is 8.05. The lowest BCUT2D eigenvalue weighted by molar-refractivity contribution is 0.0332. The molecule has 0 spiro atoms. The van der Waals surface area contributed by atoms with E-state index >= 15 is 0 Å². The van der Waals surface area contributed by atoms with Gasteiger partial charge < -0.3 is 8.85 Å². The van der Waals surface area contributed by atoms with Crippen LogP contribution in [0.3, 0.4) is 0 Å². The number of hydrogen-bond acceptors (Lipinski definition) is 3. The lowest BCUT2D eigenvalue weighted by Crippen LogP contribution is -2.59. The van der Waals surface area contributed by atoms with Crippen molar-refractivity contribution in [2.75, 3.05) is 14.2 Å². The zero-order chi connectivity index (χ0) is 12.4. The first-order chi connectivity index (χ1) is 8.17. The highest BCUT2D eigenvalue weighted by atomic mass is 28.3. The minimum atomic E-state index is -1.61. The minimum Gasteiger partial charge on any atom is -0.388 e. The van der Waals surface area contributed by atoms with Crippen molar-refractivity contribution >= 4 is 9.45 Å². The summed E-state index contributed by atoms with van der Waals surface area (Å²) < 4.78 is 13.9. The molecule has 0 bridgehead atoms. The van der Waals surface area contributed by atoms with Gasteiger partial charge in [-0.15, -0.1) is 0 Å². The van der Waals surface area contributed by atoms with Gasteiger partial charge in [-0.2, -0.15) is 0 Å². The largest absolute Gasteiger partial charge is 0.410 e. The summed E-state index contributed by atoms with van der Waals surface area (Å²) >= 11 is 0. The standard InChI is InChI=1S/C13H27NO2Si/c1-10-5-8-13-12(9-10)7-6-11(2)14(13)17(15-3)16-4/h10-13,17H,5-9H2,1-4H3. The fourth-order valence-corrected chi connectivity index (χ4v) is 5.77. The number of nitrogens with zero attached hydrogens (tertiary/aromatic N) is 1. The van der Waals surface area contributed by atoms with Gasteiger partial charge in [-0.05, 0) is 43.9 Å². The molecule has 17 heavy (non-hydrogen) atoms. The van der Waals surface area contributed by atoms with Crippen molar-refractivity contribution in [2.24, 2.45) is 11.8 Å². The van der Waals surface area contributed by atoms with Crippen LogP contribution >= 0.6 is 0 Å². The van der Waals surface area contributed by atoms with Gasteiger partial charge in [0.25, 0.3) is 0 Å². The molecule has 0 radical (unpaired) electrons. The van der Waals surface area contributed by atoms with E-state index in [0.29, 0.717) is 6.04 Å². The first-order valence-electron chi connectivity index (χ1n) is 7.00. The van der Waals surface area contributed by atoms with Crippen LogP contribution in [0.1, 0.15) is 46.0 Å². The van der Waals surface area contributed by atoms with Crippen LogP contribution in [0.4, 0.5) is 0 Å². The highest BCUT2D eigenvalue weighted by Gasteiger charge is 2.42. The Kier molecular flexibility index (Phi) is 4.63. The normalized spacial score (nSPS) is 39.4. The van der Waals surface area contributed by atoms with Crippen LogP contribution in [0.2, 0.25) is 0 Å². The van der Waals surface area contributed by atoms with Crippen LogP contribution < -0.4 is 0 Å². The fourth-order valence-electron chi connectivity index (χ4n) is 3.82. The molecule has 4 heteroatoms. The summed E-state index contributed by atoms with van der Waals surface area (Å²) in [6.07, 6.45) is 6.83. The summed E-state index contributed by atoms with van der Waals surface area (Å²) in [5, 5.41) is 0. The van der Waals surface area contributed by atoms with Crippen LogP contribution in [-0.2, 0) is 8.85 Å². The second kappa shape index (κ2) is 5.82. The third kappa shape index (κ3) is 2.75. The van der Waals surface area contributed by atoms with E-state index in [1.54, 1.807) is 0 Å². The van der Waals surface area contributed by atoms with Crippen molar-refractivity contribution in [1.82, 2.24) is 4.57 Å². The molecule has 0 amide bonds. The van der Waals surface area contributed by atoms with Crippen molar-refractivity contribution in [3.8, 4) is 0 Å². The van der Waals surface area contributed by atoms with Crippen LogP contribution in [0.15, 0.2) is 0 Å². The molecule has 0 aromatic carbocycles. The van der Waals surface area contributed by atoms with Crippen LogP contribution in [-0.4, -0.2) is 40.3 Å². The topological polar surface area (TPSA) is 21.7 Å². The van der Waals surface area contributed by atoms with Crippen molar-refractivity contribution in [1.29, 1.82) is 0 Å². The molecule has 0 aromatic rings. The van der Waals surface area contributed by atoms with Gasteiger partial charge in [0.05, 0.1) is 0 Å². The van der Waals surface area contributed by atoms with Crippen molar-refractivity contribution < 1.29 is 8.85 Å². The molecule has 2 aliphatic rings. The molecule has 2 rings (SSSR count). The molecule has 100 valence electrons. The fraction of sp³-hybridized carbons (Fsp3) is 1.00. The number of rotatable bonds is 3. The summed E-state index contributed by atoms with van der Waals surface area (Å²) in [4.78, 5) is 0. The second-order valence-electron chi connectivity index (χ2n) is 5.90. The van der Waals surface area contributed by atoms with E-state index in [9.17, 15) is 0 Å². The summed E-state index contributed by atoms with van der Waals surface area (Å²) in [6.45, 7) is 4.74. The molecule has 4 atom stereocenters. The van der Waals surface area contributed by atoms with Crippen molar-refractivity contribution in [3.63, 3.8) is 0 Å². The summed E-state index contributed by atoms with van der Waals surface area (Å²) in [5.41, 5.74) is 0. The monoisotopic (exact) mass is 257 g/mol. The van der Waals surface area contributed by atoms with Crippen LogP contribution in [0, 0.1) is 11.8 Å². The van der Waals surface area contributed by atoms with Gasteiger partial charge in [-0.3, -0.25) is 4.57 Å². The summed E-state index contributed by atoms with van der Waals surface area (Å²) in [6, 6.07) is 1.37. The predicted molar refractivity (Wildman–Crippen MR) is 72.0 cm³/mol. The zero-order valence-electron chi connectivity index (χ0n) is 11.7. The highest BCUT2D eigenvalue weighted by molar-refractivity contribution is 6.41. The third-order valence-corrected chi connectivity index (χ3v) is 6.88. The molecule has 3 nitrogen and oxygen atoms in total. The van der Waals surface area contributed by atoms with Crippen LogP contribution in [0.25, 0.3) is 0 Å². The molecule has 1 saturated carbocycles. The van der Waals surface area contributed by atoms with E-state index in [2.05, 4.69) is 18.4 Å². The van der Waals surface area contributed by atoms with E-state index in [1.807, 2.05) is 14.2 Å². The van der Waals surface area contributed by atoms with E-state index < -0.39 is 9.45 Å². The predicted octanol–water partition coefficient (Wildman–Crippen LogP) is 2.29. The Bertz CT molecular complexity index is 248. The molecule has 1 heterocycles. The molecule has 0 aromatic heterocycles. The maximum Gasteiger partial charge on any atom is 0.410 e. The molecular weight excluding hydrogens is 230 g/mol. The Labute approximate surface area is 107 Å². The van der Waals surface area contributed by atoms with Gasteiger partial charge >= 0.3 is 9.45 Å². The Morgan fingerprint density at radius 1 is 1.00 bits per heavy atom. The molecule has 1 aliphatic carbocycles. The summed E-state index contributed by atoms with van der Waals surface area (Å²) in [5.74, 6) is 1.80. The Hall–Kier alpha value is 0.0969. The maximum atomic E-state index is 5.63. The van der Waals surface area contributed by atoms with E-state index in [4.69, 9.17) is 8.85 Å². The SMILES string of the molecule is CO[SiH](OC)N1C(C)CCC2CC(C)CCC21. The van der Waals surface area contributed by atoms with Crippen molar-refractivity contribution in [3.05, 3.63) is 0 Å². The molecule has 1 saturated heterocycles. The van der Waals surface area contributed by atoms with Gasteiger partial charge in [0.15, 0.2) is 0 Å². The van der Waals surface area contributed by atoms with E-state index in [0.717, 1.165) is 17.9 Å².